The number of fused-ring (bicyclic) bond motifs is 1. The molecule has 0 aromatic heterocycles. The number of ether oxygens (including phenoxy) is 2. The van der Waals surface area contributed by atoms with Gasteiger partial charge in [0.25, 0.3) is 5.91 Å². The van der Waals surface area contributed by atoms with Crippen molar-refractivity contribution < 1.29 is 19.1 Å². The number of anilines is 1. The zero-order chi connectivity index (χ0) is 21.0. The third-order valence-electron chi connectivity index (χ3n) is 5.97. The molecule has 2 amide bonds. The van der Waals surface area contributed by atoms with Crippen LogP contribution in [0.3, 0.4) is 0 Å². The molecule has 1 aromatic rings. The Morgan fingerprint density at radius 2 is 2.07 bits per heavy atom. The van der Waals surface area contributed by atoms with Gasteiger partial charge in [0.05, 0.1) is 11.7 Å². The van der Waals surface area contributed by atoms with Crippen molar-refractivity contribution in [2.24, 2.45) is 11.8 Å². The molecule has 3 atom stereocenters. The van der Waals surface area contributed by atoms with Crippen LogP contribution in [0.5, 0.6) is 5.75 Å². The molecule has 0 saturated heterocycles. The molecule has 0 radical (unpaired) electrons. The van der Waals surface area contributed by atoms with E-state index in [1.54, 1.807) is 37.3 Å². The quantitative estimate of drug-likeness (QED) is 0.811. The van der Waals surface area contributed by atoms with Crippen LogP contribution in [-0.2, 0) is 9.53 Å². The highest BCUT2D eigenvalue weighted by atomic mass is 16.5. The Morgan fingerprint density at radius 1 is 1.31 bits per heavy atom. The van der Waals surface area contributed by atoms with Crippen molar-refractivity contribution in [1.82, 2.24) is 10.2 Å². The third kappa shape index (κ3) is 5.28. The van der Waals surface area contributed by atoms with Gasteiger partial charge in [0.1, 0.15) is 12.4 Å². The normalized spacial score (nSPS) is 26.4. The number of hydrogen-bond donors (Lipinski definition) is 2. The number of carbonyl (C=O) groups is 2. The first-order chi connectivity index (χ1) is 13.9. The van der Waals surface area contributed by atoms with Gasteiger partial charge in [-0.3, -0.25) is 9.59 Å². The van der Waals surface area contributed by atoms with E-state index in [1.165, 1.54) is 0 Å². The topological polar surface area (TPSA) is 79.9 Å². The van der Waals surface area contributed by atoms with Gasteiger partial charge in [0, 0.05) is 51.0 Å². The van der Waals surface area contributed by atoms with Crippen LogP contribution in [-0.4, -0.2) is 62.7 Å². The summed E-state index contributed by atoms with van der Waals surface area (Å²) in [5.41, 5.74) is 1.15. The number of nitrogens with one attached hydrogen (secondary N) is 2. The summed E-state index contributed by atoms with van der Waals surface area (Å²) in [6.45, 7) is 5.86. The number of nitrogens with zero attached hydrogens (tertiary/aromatic N) is 1. The zero-order valence-corrected chi connectivity index (χ0v) is 17.9. The van der Waals surface area contributed by atoms with E-state index in [2.05, 4.69) is 24.5 Å². The number of carbonyl (C=O) groups excluding carboxylic acids is 2. The summed E-state index contributed by atoms with van der Waals surface area (Å²) < 4.78 is 11.6. The van der Waals surface area contributed by atoms with E-state index < -0.39 is 0 Å². The van der Waals surface area contributed by atoms with Crippen LogP contribution in [0.15, 0.2) is 18.2 Å². The summed E-state index contributed by atoms with van der Waals surface area (Å²) in [4.78, 5) is 27.0. The molecule has 160 valence electrons. The molecular weight excluding hydrogens is 370 g/mol. The minimum Gasteiger partial charge on any atom is -0.491 e. The fourth-order valence-electron chi connectivity index (χ4n) is 3.65. The highest BCUT2D eigenvalue weighted by Gasteiger charge is 2.27. The number of likely N-dealkylation sites (N-methyl/N-ethyl adjacent to an activating group) is 1. The van der Waals surface area contributed by atoms with Gasteiger partial charge in [-0.2, -0.15) is 0 Å². The molecule has 7 nitrogen and oxygen atoms in total. The molecular formula is C22H33N3O4. The number of rotatable bonds is 3. The SMILES string of the molecule is CO[C@H]1CN(C)C(=O)c2ccc(NC(=O)C3CCC3)cc2OC[C@H](C)NC[C@@H]1C. The lowest BCUT2D eigenvalue weighted by atomic mass is 9.85. The molecule has 1 aromatic carbocycles. The van der Waals surface area contributed by atoms with E-state index >= 15 is 0 Å². The molecule has 3 rings (SSSR count). The Bertz CT molecular complexity index is 735. The van der Waals surface area contributed by atoms with Crippen LogP contribution in [0.2, 0.25) is 0 Å². The first-order valence-electron chi connectivity index (χ1n) is 10.5. The molecule has 0 spiro atoms. The fraction of sp³-hybridized carbons (Fsp3) is 0.636. The van der Waals surface area contributed by atoms with E-state index in [1.807, 2.05) is 0 Å². The molecule has 0 unspecified atom stereocenters. The summed E-state index contributed by atoms with van der Waals surface area (Å²) >= 11 is 0. The van der Waals surface area contributed by atoms with Crippen molar-refractivity contribution in [3.8, 4) is 5.75 Å². The second kappa shape index (κ2) is 9.59. The Kier molecular flexibility index (Phi) is 7.14. The molecule has 1 aliphatic carbocycles. The lowest BCUT2D eigenvalue weighted by molar-refractivity contribution is -0.122. The number of hydrogen-bond acceptors (Lipinski definition) is 5. The average molecular weight is 404 g/mol. The van der Waals surface area contributed by atoms with E-state index in [4.69, 9.17) is 9.47 Å². The smallest absolute Gasteiger partial charge is 0.257 e. The zero-order valence-electron chi connectivity index (χ0n) is 17.9. The predicted molar refractivity (Wildman–Crippen MR) is 112 cm³/mol. The molecule has 1 aliphatic heterocycles. The van der Waals surface area contributed by atoms with Crippen molar-refractivity contribution in [1.29, 1.82) is 0 Å². The lowest BCUT2D eigenvalue weighted by Gasteiger charge is -2.30. The average Bonchev–Trinajstić information content (AvgIpc) is 2.65. The highest BCUT2D eigenvalue weighted by Crippen LogP contribution is 2.30. The van der Waals surface area contributed by atoms with Gasteiger partial charge in [-0.15, -0.1) is 0 Å². The Morgan fingerprint density at radius 3 is 2.72 bits per heavy atom. The molecule has 1 saturated carbocycles. The molecule has 1 fully saturated rings. The monoisotopic (exact) mass is 403 g/mol. The maximum atomic E-state index is 13.1. The highest BCUT2D eigenvalue weighted by molar-refractivity contribution is 5.99. The van der Waals surface area contributed by atoms with Crippen molar-refractivity contribution in [3.05, 3.63) is 23.8 Å². The van der Waals surface area contributed by atoms with Crippen molar-refractivity contribution in [2.45, 2.75) is 45.3 Å². The Balaban J connectivity index is 1.84. The second-order valence-corrected chi connectivity index (χ2v) is 8.39. The lowest BCUT2D eigenvalue weighted by Crippen LogP contribution is -2.44. The Labute approximate surface area is 173 Å². The maximum Gasteiger partial charge on any atom is 0.257 e. The number of methoxy groups -OCH3 is 1. The van der Waals surface area contributed by atoms with Crippen LogP contribution < -0.4 is 15.4 Å². The number of benzene rings is 1. The summed E-state index contributed by atoms with van der Waals surface area (Å²) in [5, 5.41) is 6.43. The van der Waals surface area contributed by atoms with Crippen LogP contribution in [0, 0.1) is 11.8 Å². The van der Waals surface area contributed by atoms with Gasteiger partial charge in [-0.1, -0.05) is 13.3 Å². The van der Waals surface area contributed by atoms with Crippen molar-refractivity contribution in [3.63, 3.8) is 0 Å². The van der Waals surface area contributed by atoms with Crippen LogP contribution in [0.4, 0.5) is 5.69 Å². The van der Waals surface area contributed by atoms with Gasteiger partial charge in [-0.05, 0) is 37.8 Å². The third-order valence-corrected chi connectivity index (χ3v) is 5.97. The van der Waals surface area contributed by atoms with E-state index in [9.17, 15) is 9.59 Å². The summed E-state index contributed by atoms with van der Waals surface area (Å²) in [6, 6.07) is 5.38. The molecule has 7 heteroatoms. The molecule has 0 bridgehead atoms. The van der Waals surface area contributed by atoms with Gasteiger partial charge < -0.3 is 25.0 Å². The fourth-order valence-corrected chi connectivity index (χ4v) is 3.65. The summed E-state index contributed by atoms with van der Waals surface area (Å²) in [7, 11) is 3.46. The second-order valence-electron chi connectivity index (χ2n) is 8.39. The van der Waals surface area contributed by atoms with E-state index in [-0.39, 0.29) is 35.8 Å². The van der Waals surface area contributed by atoms with Crippen molar-refractivity contribution in [2.75, 3.05) is 39.2 Å². The minimum atomic E-state index is -0.118. The molecule has 2 N–H and O–H groups in total. The van der Waals surface area contributed by atoms with Crippen LogP contribution >= 0.6 is 0 Å². The van der Waals surface area contributed by atoms with E-state index in [0.29, 0.717) is 30.2 Å². The molecule has 1 heterocycles. The summed E-state index contributed by atoms with van der Waals surface area (Å²) in [5.74, 6) is 0.763. The molecule has 2 aliphatic rings. The van der Waals surface area contributed by atoms with Crippen LogP contribution in [0.25, 0.3) is 0 Å². The van der Waals surface area contributed by atoms with Gasteiger partial charge in [-0.25, -0.2) is 0 Å². The summed E-state index contributed by atoms with van der Waals surface area (Å²) in [6.07, 6.45) is 2.93. The largest absolute Gasteiger partial charge is 0.491 e. The first kappa shape index (κ1) is 21.6. The maximum absolute atomic E-state index is 13.1. The Hall–Kier alpha value is -2.12. The standard InChI is InChI=1S/C22H33N3O4/c1-14-11-23-15(2)13-29-19-10-17(24-21(26)16-6-5-7-16)8-9-18(19)22(27)25(3)12-20(14)28-4/h8-10,14-16,20,23H,5-7,11-13H2,1-4H3,(H,24,26)/t14-,15-,20-/m0/s1. The van der Waals surface area contributed by atoms with Gasteiger partial charge >= 0.3 is 0 Å². The number of amides is 2. The predicted octanol–water partition coefficient (Wildman–Crippen LogP) is 2.52. The molecule has 29 heavy (non-hydrogen) atoms. The van der Waals surface area contributed by atoms with Gasteiger partial charge in [0.2, 0.25) is 5.91 Å². The minimum absolute atomic E-state index is 0.0414. The van der Waals surface area contributed by atoms with Crippen LogP contribution in [0.1, 0.15) is 43.5 Å². The first-order valence-corrected chi connectivity index (χ1v) is 10.5. The van der Waals surface area contributed by atoms with Crippen molar-refractivity contribution >= 4 is 17.5 Å². The van der Waals surface area contributed by atoms with E-state index in [0.717, 1.165) is 25.8 Å². The van der Waals surface area contributed by atoms with Gasteiger partial charge in [0.15, 0.2) is 0 Å².